The molecule has 206 valence electrons. The number of nitrogens with two attached hydrogens (primary N) is 1. The molecule has 2 N–H and O–H groups in total. The molecule has 4 heterocycles. The van der Waals surface area contributed by atoms with Crippen LogP contribution in [-0.4, -0.2) is 57.1 Å². The maximum atomic E-state index is 6.02. The monoisotopic (exact) mass is 515 g/mol. The Hall–Kier alpha value is -1.85. The van der Waals surface area contributed by atoms with Crippen molar-refractivity contribution >= 4 is 11.0 Å². The van der Waals surface area contributed by atoms with Gasteiger partial charge in [0, 0.05) is 48.9 Å². The second-order valence-corrected chi connectivity index (χ2v) is 13.7. The number of rotatable bonds is 5. The molecule has 38 heavy (non-hydrogen) atoms. The van der Waals surface area contributed by atoms with Crippen molar-refractivity contribution in [2.75, 3.05) is 19.6 Å². The summed E-state index contributed by atoms with van der Waals surface area (Å²) in [6.45, 7) is 6.97. The molecule has 5 heteroatoms. The Balaban J connectivity index is 1.17. The minimum Gasteiger partial charge on any atom is -0.401 e. The highest BCUT2D eigenvalue weighted by atomic mass is 15.3. The van der Waals surface area contributed by atoms with Crippen LogP contribution in [0.15, 0.2) is 36.5 Å². The molecule has 0 spiro atoms. The van der Waals surface area contributed by atoms with Gasteiger partial charge in [-0.15, -0.1) is 0 Å². The number of imidazole rings is 1. The molecule has 7 rings (SSSR count). The number of likely N-dealkylation sites (tertiary alicyclic amines) is 1. The van der Waals surface area contributed by atoms with Gasteiger partial charge in [-0.25, -0.2) is 4.98 Å². The van der Waals surface area contributed by atoms with Crippen molar-refractivity contribution in [1.29, 1.82) is 0 Å². The van der Waals surface area contributed by atoms with Gasteiger partial charge in [0.15, 0.2) is 0 Å². The molecule has 0 amide bonds. The van der Waals surface area contributed by atoms with E-state index in [9.17, 15) is 0 Å². The topological polar surface area (TPSA) is 50.3 Å². The fourth-order valence-corrected chi connectivity index (χ4v) is 9.74. The highest BCUT2D eigenvalue weighted by molar-refractivity contribution is 5.76. The standard InChI is InChI=1S/C33H49N5/c1-23(34)21-36-15-7-10-26(22-36)33-35-31-13-4-5-14-32(31)38(33)30-19-27-11-6-12-28(20-30)37(27)29-17-24-8-2-3-9-25(16-24)18-29/h4-5,13-14,24-30H,1-3,6-12,15-22,34H2/t24-,25+,26-,27-,28+,29?,30?/m0/s1. The predicted octanol–water partition coefficient (Wildman–Crippen LogP) is 6.61. The molecule has 0 radical (unpaired) electrons. The third-order valence-electron chi connectivity index (χ3n) is 11.1. The number of hydrogen-bond acceptors (Lipinski definition) is 4. The normalized spacial score (nSPS) is 36.7. The van der Waals surface area contributed by atoms with Crippen molar-refractivity contribution in [2.24, 2.45) is 17.6 Å². The molecule has 5 nitrogen and oxygen atoms in total. The van der Waals surface area contributed by atoms with Crippen molar-refractivity contribution in [1.82, 2.24) is 19.4 Å². The predicted molar refractivity (Wildman–Crippen MR) is 156 cm³/mol. The molecule has 3 saturated heterocycles. The highest BCUT2D eigenvalue weighted by Gasteiger charge is 2.45. The molecular weight excluding hydrogens is 466 g/mol. The van der Waals surface area contributed by atoms with Crippen molar-refractivity contribution in [3.8, 4) is 0 Å². The van der Waals surface area contributed by atoms with Crippen LogP contribution in [0, 0.1) is 11.8 Å². The van der Waals surface area contributed by atoms with Crippen LogP contribution in [-0.2, 0) is 0 Å². The minimum atomic E-state index is 0.481. The zero-order chi connectivity index (χ0) is 25.6. The molecule has 5 fully saturated rings. The van der Waals surface area contributed by atoms with E-state index in [4.69, 9.17) is 10.7 Å². The van der Waals surface area contributed by atoms with Crippen LogP contribution in [0.25, 0.3) is 11.0 Å². The van der Waals surface area contributed by atoms with Crippen molar-refractivity contribution in [3.05, 3.63) is 42.4 Å². The van der Waals surface area contributed by atoms with E-state index in [1.54, 1.807) is 0 Å². The first-order valence-electron chi connectivity index (χ1n) is 16.0. The SMILES string of the molecule is C=C(N)CN1CCC[C@H](c2nc3ccccc3n2C2C[C@H]3CCC[C@@H](C2)N3C2C[C@H]3CCCC[C@@H](C2)C3)C1. The molecule has 7 atom stereocenters. The summed E-state index contributed by atoms with van der Waals surface area (Å²) in [5, 5.41) is 0. The number of hydrogen-bond donors (Lipinski definition) is 1. The summed E-state index contributed by atoms with van der Waals surface area (Å²) in [6.07, 6.45) is 19.8. The fourth-order valence-electron chi connectivity index (χ4n) is 9.74. The van der Waals surface area contributed by atoms with Gasteiger partial charge < -0.3 is 10.3 Å². The van der Waals surface area contributed by atoms with E-state index in [1.807, 2.05) is 0 Å². The number of benzene rings is 1. The molecule has 2 aliphatic carbocycles. The lowest BCUT2D eigenvalue weighted by atomic mass is 9.73. The van der Waals surface area contributed by atoms with Gasteiger partial charge in [0.05, 0.1) is 11.0 Å². The molecule has 1 aromatic carbocycles. The summed E-state index contributed by atoms with van der Waals surface area (Å²) in [5.74, 6) is 3.83. The van der Waals surface area contributed by atoms with Gasteiger partial charge in [0.2, 0.25) is 0 Å². The quantitative estimate of drug-likeness (QED) is 0.487. The van der Waals surface area contributed by atoms with Crippen molar-refractivity contribution < 1.29 is 0 Å². The van der Waals surface area contributed by atoms with E-state index in [0.29, 0.717) is 12.0 Å². The fraction of sp³-hybridized carbons (Fsp3) is 0.727. The van der Waals surface area contributed by atoms with E-state index in [0.717, 1.165) is 55.3 Å². The first-order valence-corrected chi connectivity index (χ1v) is 16.0. The number of para-hydroxylation sites is 2. The third kappa shape index (κ3) is 4.83. The van der Waals surface area contributed by atoms with Crippen LogP contribution in [0.2, 0.25) is 0 Å². The van der Waals surface area contributed by atoms with Gasteiger partial charge in [-0.2, -0.15) is 0 Å². The summed E-state index contributed by atoms with van der Waals surface area (Å²) < 4.78 is 2.74. The number of fused-ring (bicyclic) bond motifs is 5. The van der Waals surface area contributed by atoms with Crippen molar-refractivity contribution in [2.45, 2.75) is 120 Å². The zero-order valence-electron chi connectivity index (χ0n) is 23.4. The smallest absolute Gasteiger partial charge is 0.114 e. The number of aromatic nitrogens is 2. The maximum Gasteiger partial charge on any atom is 0.114 e. The average molecular weight is 516 g/mol. The highest BCUT2D eigenvalue weighted by Crippen LogP contribution is 2.48. The summed E-state index contributed by atoms with van der Waals surface area (Å²) in [7, 11) is 0. The van der Waals surface area contributed by atoms with Gasteiger partial charge >= 0.3 is 0 Å². The first-order chi connectivity index (χ1) is 18.6. The van der Waals surface area contributed by atoms with Crippen LogP contribution in [0.5, 0.6) is 0 Å². The van der Waals surface area contributed by atoms with Crippen molar-refractivity contribution in [3.63, 3.8) is 0 Å². The Morgan fingerprint density at radius 1 is 0.816 bits per heavy atom. The molecule has 2 saturated carbocycles. The average Bonchev–Trinajstić information content (AvgIpc) is 3.21. The lowest BCUT2D eigenvalue weighted by Crippen LogP contribution is -2.58. The summed E-state index contributed by atoms with van der Waals surface area (Å²) in [6, 6.07) is 11.9. The van der Waals surface area contributed by atoms with Gasteiger partial charge in [-0.05, 0) is 88.3 Å². The van der Waals surface area contributed by atoms with Gasteiger partial charge in [-0.1, -0.05) is 50.8 Å². The molecule has 1 aromatic heterocycles. The first kappa shape index (κ1) is 25.1. The Morgan fingerprint density at radius 3 is 2.29 bits per heavy atom. The van der Waals surface area contributed by atoms with Crippen LogP contribution in [0.3, 0.4) is 0 Å². The molecule has 5 aliphatic rings. The second-order valence-electron chi connectivity index (χ2n) is 13.7. The Labute approximate surface area is 229 Å². The molecule has 2 unspecified atom stereocenters. The number of nitrogens with zero attached hydrogens (tertiary/aromatic N) is 4. The second kappa shape index (κ2) is 10.6. The zero-order valence-corrected chi connectivity index (χ0v) is 23.4. The van der Waals surface area contributed by atoms with Crippen LogP contribution >= 0.6 is 0 Å². The van der Waals surface area contributed by atoms with E-state index in [-0.39, 0.29) is 0 Å². The Bertz CT molecular complexity index is 1110. The Morgan fingerprint density at radius 2 is 1.55 bits per heavy atom. The third-order valence-corrected chi connectivity index (χ3v) is 11.1. The van der Waals surface area contributed by atoms with Crippen LogP contribution < -0.4 is 5.73 Å². The van der Waals surface area contributed by atoms with E-state index >= 15 is 0 Å². The molecular formula is C33H49N5. The lowest BCUT2D eigenvalue weighted by molar-refractivity contribution is -0.0422. The van der Waals surface area contributed by atoms with Crippen LogP contribution in [0.4, 0.5) is 0 Å². The Kier molecular flexibility index (Phi) is 7.02. The lowest BCUT2D eigenvalue weighted by Gasteiger charge is -2.55. The number of piperidine rings is 3. The van der Waals surface area contributed by atoms with E-state index in [1.165, 1.54) is 107 Å². The summed E-state index contributed by atoms with van der Waals surface area (Å²) >= 11 is 0. The minimum absolute atomic E-state index is 0.481. The van der Waals surface area contributed by atoms with E-state index in [2.05, 4.69) is 45.2 Å². The summed E-state index contributed by atoms with van der Waals surface area (Å²) in [4.78, 5) is 11.0. The van der Waals surface area contributed by atoms with Gasteiger partial charge in [0.25, 0.3) is 0 Å². The molecule has 3 aliphatic heterocycles. The van der Waals surface area contributed by atoms with E-state index < -0.39 is 0 Å². The molecule has 2 aromatic rings. The van der Waals surface area contributed by atoms with Gasteiger partial charge in [-0.3, -0.25) is 9.80 Å². The van der Waals surface area contributed by atoms with Crippen LogP contribution in [0.1, 0.15) is 108 Å². The maximum absolute atomic E-state index is 6.02. The van der Waals surface area contributed by atoms with Gasteiger partial charge in [0.1, 0.15) is 5.82 Å². The largest absolute Gasteiger partial charge is 0.401 e. The molecule has 4 bridgehead atoms. The summed E-state index contributed by atoms with van der Waals surface area (Å²) in [5.41, 5.74) is 9.35.